The number of fused-ring (bicyclic) bond motifs is 8. The zero-order valence-corrected chi connectivity index (χ0v) is 20.9. The molecule has 34 heavy (non-hydrogen) atoms. The normalized spacial score (nSPS) is 54.6. The lowest BCUT2D eigenvalue weighted by Gasteiger charge is -2.61. The van der Waals surface area contributed by atoms with Crippen molar-refractivity contribution in [2.45, 2.75) is 96.7 Å². The Morgan fingerprint density at radius 1 is 1.15 bits per heavy atom. The average molecular weight is 471 g/mol. The van der Waals surface area contributed by atoms with Crippen LogP contribution in [0.1, 0.15) is 66.7 Å². The van der Waals surface area contributed by atoms with E-state index in [2.05, 4.69) is 13.8 Å². The fourth-order valence-corrected chi connectivity index (χ4v) is 9.31. The molecule has 12 atom stereocenters. The lowest BCUT2D eigenvalue weighted by atomic mass is 9.43. The summed E-state index contributed by atoms with van der Waals surface area (Å²) in [6.07, 6.45) is 5.89. The van der Waals surface area contributed by atoms with Crippen molar-refractivity contribution in [2.75, 3.05) is 0 Å². The van der Waals surface area contributed by atoms with Crippen LogP contribution in [0.15, 0.2) is 23.3 Å². The Morgan fingerprint density at radius 3 is 2.59 bits per heavy atom. The second kappa shape index (κ2) is 7.04. The molecule has 6 nitrogen and oxygen atoms in total. The second-order valence-electron chi connectivity index (χ2n) is 12.6. The number of aliphatic hydroxyl groups excluding tert-OH is 1. The van der Waals surface area contributed by atoms with E-state index < -0.39 is 17.1 Å². The minimum atomic E-state index is -1.19. The molecule has 6 heteroatoms. The van der Waals surface area contributed by atoms with E-state index in [0.29, 0.717) is 18.4 Å². The van der Waals surface area contributed by atoms with E-state index >= 15 is 0 Å². The van der Waals surface area contributed by atoms with Crippen molar-refractivity contribution in [3.8, 4) is 0 Å². The van der Waals surface area contributed by atoms with E-state index in [4.69, 9.17) is 9.47 Å². The number of carbonyl (C=O) groups excluding carboxylic acids is 2. The number of esters is 1. The molecule has 2 N–H and O–H groups in total. The van der Waals surface area contributed by atoms with E-state index in [1.807, 2.05) is 20.8 Å². The van der Waals surface area contributed by atoms with Gasteiger partial charge >= 0.3 is 5.97 Å². The first-order chi connectivity index (χ1) is 16.0. The average Bonchev–Trinajstić information content (AvgIpc) is 3.51. The molecule has 4 aliphatic carbocycles. The fraction of sp³-hybridized carbons (Fsp3) is 0.786. The Kier molecular flexibility index (Phi) is 4.75. The van der Waals surface area contributed by atoms with Crippen LogP contribution in [0, 0.1) is 40.4 Å². The Morgan fingerprint density at radius 2 is 1.88 bits per heavy atom. The van der Waals surface area contributed by atoms with Gasteiger partial charge in [-0.05, 0) is 87.5 Å². The molecule has 3 saturated carbocycles. The number of aliphatic hydroxyl groups is 2. The van der Waals surface area contributed by atoms with Crippen LogP contribution >= 0.6 is 0 Å². The highest BCUT2D eigenvalue weighted by atomic mass is 16.6. The van der Waals surface area contributed by atoms with Gasteiger partial charge in [0.1, 0.15) is 17.8 Å². The molecule has 0 aromatic heterocycles. The Labute approximate surface area is 201 Å². The van der Waals surface area contributed by atoms with E-state index in [-0.39, 0.29) is 65.1 Å². The summed E-state index contributed by atoms with van der Waals surface area (Å²) in [5.41, 5.74) is -0.664. The van der Waals surface area contributed by atoms with Gasteiger partial charge in [-0.15, -0.1) is 0 Å². The molecule has 0 aromatic carbocycles. The monoisotopic (exact) mass is 470 g/mol. The quantitative estimate of drug-likeness (QED) is 0.475. The molecule has 186 valence electrons. The summed E-state index contributed by atoms with van der Waals surface area (Å²) in [6, 6.07) is 0. The highest BCUT2D eigenvalue weighted by molar-refractivity contribution is 5.97. The highest BCUT2D eigenvalue weighted by Crippen LogP contribution is 2.71. The van der Waals surface area contributed by atoms with Crippen molar-refractivity contribution in [3.05, 3.63) is 23.3 Å². The summed E-state index contributed by atoms with van der Waals surface area (Å²) in [5, 5.41) is 23.5. The van der Waals surface area contributed by atoms with Gasteiger partial charge in [-0.2, -0.15) is 0 Å². The minimum absolute atomic E-state index is 0.0318. The molecular formula is C28H38O6. The molecule has 0 amide bonds. The molecular weight excluding hydrogens is 432 g/mol. The molecule has 2 heterocycles. The van der Waals surface area contributed by atoms with E-state index in [0.717, 1.165) is 24.8 Å². The number of allylic oxidation sites excluding steroid dienone is 1. The van der Waals surface area contributed by atoms with Gasteiger partial charge in [-0.1, -0.05) is 25.5 Å². The van der Waals surface area contributed by atoms with E-state index in [9.17, 15) is 19.8 Å². The van der Waals surface area contributed by atoms with Crippen LogP contribution in [0.4, 0.5) is 0 Å². The van der Waals surface area contributed by atoms with E-state index in [1.54, 1.807) is 12.2 Å². The van der Waals surface area contributed by atoms with Crippen LogP contribution in [0.2, 0.25) is 0 Å². The first-order valence-electron chi connectivity index (χ1n) is 13.1. The molecule has 6 rings (SSSR count). The lowest BCUT2D eigenvalue weighted by molar-refractivity contribution is -0.201. The van der Waals surface area contributed by atoms with E-state index in [1.165, 1.54) is 0 Å². The predicted octanol–water partition coefficient (Wildman–Crippen LogP) is 3.35. The predicted molar refractivity (Wildman–Crippen MR) is 124 cm³/mol. The van der Waals surface area contributed by atoms with Gasteiger partial charge in [0.15, 0.2) is 5.78 Å². The second-order valence-corrected chi connectivity index (χ2v) is 12.6. The number of epoxide rings is 1. The first kappa shape index (κ1) is 22.9. The topological polar surface area (TPSA) is 96.4 Å². The van der Waals surface area contributed by atoms with Gasteiger partial charge in [0.2, 0.25) is 0 Å². The van der Waals surface area contributed by atoms with Crippen molar-refractivity contribution >= 4 is 11.8 Å². The largest absolute Gasteiger partial charge is 0.458 e. The van der Waals surface area contributed by atoms with Crippen LogP contribution in [0.3, 0.4) is 0 Å². The van der Waals surface area contributed by atoms with Gasteiger partial charge < -0.3 is 19.7 Å². The number of ether oxygens (including phenoxy) is 2. The van der Waals surface area contributed by atoms with Crippen LogP contribution < -0.4 is 0 Å². The Hall–Kier alpha value is -1.50. The number of carbonyl (C=O) groups is 2. The molecule has 0 unspecified atom stereocenters. The van der Waals surface area contributed by atoms with Gasteiger partial charge in [-0.25, -0.2) is 4.79 Å². The highest BCUT2D eigenvalue weighted by Gasteiger charge is 2.78. The molecule has 0 bridgehead atoms. The Balaban J connectivity index is 1.34. The SMILES string of the molecule is CC1=C(C)C(=O)O[C@@H]([C@@H](C)[C@H]2CC[C@H]3[C@@H]4[C@@H]5O[C@@H]5[C@@]5(O)CC=CC(=O)[C@]5(C)[C@@H]4C[C@H](O)[C@]23C)C1. The summed E-state index contributed by atoms with van der Waals surface area (Å²) in [7, 11) is 0. The summed E-state index contributed by atoms with van der Waals surface area (Å²) >= 11 is 0. The third-order valence-electron chi connectivity index (χ3n) is 11.7. The lowest BCUT2D eigenvalue weighted by Crippen LogP contribution is -2.69. The van der Waals surface area contributed by atoms with Gasteiger partial charge in [-0.3, -0.25) is 4.79 Å². The smallest absolute Gasteiger partial charge is 0.333 e. The zero-order chi connectivity index (χ0) is 24.4. The van der Waals surface area contributed by atoms with Crippen LogP contribution in [0.25, 0.3) is 0 Å². The van der Waals surface area contributed by atoms with Crippen LogP contribution in [-0.2, 0) is 19.1 Å². The van der Waals surface area contributed by atoms with Gasteiger partial charge in [0.05, 0.1) is 17.6 Å². The summed E-state index contributed by atoms with van der Waals surface area (Å²) in [5.74, 6) is 0.333. The third-order valence-corrected chi connectivity index (χ3v) is 11.7. The standard InChI is InChI=1S/C28H38O6/c1-13-11-19(33-25(31)14(13)2)15(3)16-8-9-17-22-18(12-21(30)26(16,17)4)27(5)20(29)7-6-10-28(27,32)24-23(22)34-24/h6-7,15-19,21-24,30,32H,8-12H2,1-5H3/t15-,16+,17-,18+,19+,21-,22-,23-,24-,26+,27-,28-/m0/s1. The van der Waals surface area contributed by atoms with Crippen LogP contribution in [0.5, 0.6) is 0 Å². The summed E-state index contributed by atoms with van der Waals surface area (Å²) < 4.78 is 12.0. The number of hydrogen-bond donors (Lipinski definition) is 2. The molecule has 2 aliphatic heterocycles. The molecule has 4 fully saturated rings. The van der Waals surface area contributed by atoms with Crippen molar-refractivity contribution in [1.29, 1.82) is 0 Å². The summed E-state index contributed by atoms with van der Waals surface area (Å²) in [6.45, 7) is 10.1. The molecule has 0 spiro atoms. The maximum absolute atomic E-state index is 13.3. The summed E-state index contributed by atoms with van der Waals surface area (Å²) in [4.78, 5) is 25.7. The fourth-order valence-electron chi connectivity index (χ4n) is 9.31. The third kappa shape index (κ3) is 2.58. The zero-order valence-electron chi connectivity index (χ0n) is 20.9. The first-order valence-corrected chi connectivity index (χ1v) is 13.1. The minimum Gasteiger partial charge on any atom is -0.458 e. The van der Waals surface area contributed by atoms with Gasteiger partial charge in [0.25, 0.3) is 0 Å². The van der Waals surface area contributed by atoms with Crippen LogP contribution in [-0.4, -0.2) is 52.0 Å². The number of hydrogen-bond acceptors (Lipinski definition) is 6. The van der Waals surface area contributed by atoms with Crippen molar-refractivity contribution in [3.63, 3.8) is 0 Å². The Bertz CT molecular complexity index is 1010. The number of rotatable bonds is 2. The van der Waals surface area contributed by atoms with Crippen molar-refractivity contribution in [1.82, 2.24) is 0 Å². The molecule has 1 saturated heterocycles. The van der Waals surface area contributed by atoms with Gasteiger partial charge in [0, 0.05) is 12.0 Å². The number of cyclic esters (lactones) is 1. The van der Waals surface area contributed by atoms with Crippen molar-refractivity contribution in [2.24, 2.45) is 40.4 Å². The maximum atomic E-state index is 13.3. The van der Waals surface area contributed by atoms with Crippen molar-refractivity contribution < 1.29 is 29.3 Å². The molecule has 6 aliphatic rings. The maximum Gasteiger partial charge on any atom is 0.333 e. The molecule has 0 aromatic rings. The number of ketones is 1. The molecule has 0 radical (unpaired) electrons.